The van der Waals surface area contributed by atoms with Gasteiger partial charge in [-0.3, -0.25) is 0 Å². The Labute approximate surface area is 82.2 Å². The molecule has 68 valence electrons. The van der Waals surface area contributed by atoms with Crippen molar-refractivity contribution in [2.75, 3.05) is 18.5 Å². The van der Waals surface area contributed by atoms with Crippen molar-refractivity contribution >= 4 is 13.5 Å². The SMILES string of the molecule is CN1CCCc2ccccc21.[B]C. The Hall–Kier alpha value is -0.915. The van der Waals surface area contributed by atoms with E-state index in [2.05, 4.69) is 44.1 Å². The van der Waals surface area contributed by atoms with Crippen molar-refractivity contribution in [3.8, 4) is 0 Å². The number of aryl methyl sites for hydroxylation is 1. The van der Waals surface area contributed by atoms with Crippen molar-refractivity contribution in [3.63, 3.8) is 0 Å². The van der Waals surface area contributed by atoms with Gasteiger partial charge < -0.3 is 4.90 Å². The van der Waals surface area contributed by atoms with Gasteiger partial charge in [0.1, 0.15) is 0 Å². The third-order valence-corrected chi connectivity index (χ3v) is 2.34. The second kappa shape index (κ2) is 4.95. The van der Waals surface area contributed by atoms with Gasteiger partial charge in [-0.1, -0.05) is 25.0 Å². The molecule has 1 nitrogen and oxygen atoms in total. The van der Waals surface area contributed by atoms with E-state index >= 15 is 0 Å². The van der Waals surface area contributed by atoms with Gasteiger partial charge in [-0.2, -0.15) is 0 Å². The highest BCUT2D eigenvalue weighted by atomic mass is 15.1. The molecule has 0 amide bonds. The fourth-order valence-electron chi connectivity index (χ4n) is 1.72. The molecule has 1 aliphatic rings. The molecule has 0 aromatic heterocycles. The molecular weight excluding hydrogens is 157 g/mol. The highest BCUT2D eigenvalue weighted by molar-refractivity contribution is 6.05. The van der Waals surface area contributed by atoms with Gasteiger partial charge >= 0.3 is 0 Å². The molecule has 1 aromatic rings. The summed E-state index contributed by atoms with van der Waals surface area (Å²) in [5.74, 6) is 0. The molecular formula is C11H16BN. The maximum atomic E-state index is 4.50. The van der Waals surface area contributed by atoms with Crippen LogP contribution in [0.3, 0.4) is 0 Å². The molecule has 0 saturated heterocycles. The van der Waals surface area contributed by atoms with Gasteiger partial charge in [-0.05, 0) is 24.5 Å². The molecule has 0 N–H and O–H groups in total. The molecule has 2 radical (unpaired) electrons. The zero-order valence-corrected chi connectivity index (χ0v) is 8.46. The molecule has 0 unspecified atom stereocenters. The van der Waals surface area contributed by atoms with E-state index in [-0.39, 0.29) is 0 Å². The Morgan fingerprint density at radius 1 is 1.23 bits per heavy atom. The summed E-state index contributed by atoms with van der Waals surface area (Å²) < 4.78 is 0. The first-order chi connectivity index (χ1) is 6.38. The number of benzene rings is 1. The molecule has 1 aromatic carbocycles. The normalized spacial score (nSPS) is 14.2. The summed E-state index contributed by atoms with van der Waals surface area (Å²) in [5, 5.41) is 0. The minimum Gasteiger partial charge on any atom is -0.374 e. The van der Waals surface area contributed by atoms with Crippen LogP contribution in [-0.2, 0) is 6.42 Å². The van der Waals surface area contributed by atoms with E-state index in [9.17, 15) is 0 Å². The summed E-state index contributed by atoms with van der Waals surface area (Å²) in [5.41, 5.74) is 2.92. The minimum absolute atomic E-state index is 1.21. The topological polar surface area (TPSA) is 3.24 Å². The summed E-state index contributed by atoms with van der Waals surface area (Å²) in [7, 11) is 6.66. The Morgan fingerprint density at radius 3 is 2.62 bits per heavy atom. The number of fused-ring (bicyclic) bond motifs is 1. The maximum absolute atomic E-state index is 4.50. The molecule has 13 heavy (non-hydrogen) atoms. The predicted molar refractivity (Wildman–Crippen MR) is 59.7 cm³/mol. The van der Waals surface area contributed by atoms with Crippen molar-refractivity contribution in [3.05, 3.63) is 29.8 Å². The summed E-state index contributed by atoms with van der Waals surface area (Å²) in [6.07, 6.45) is 2.55. The Kier molecular flexibility index (Phi) is 3.87. The smallest absolute Gasteiger partial charge is 0.0606 e. The molecule has 0 bridgehead atoms. The highest BCUT2D eigenvalue weighted by Crippen LogP contribution is 2.24. The summed E-state index contributed by atoms with van der Waals surface area (Å²) >= 11 is 0. The lowest BCUT2D eigenvalue weighted by Gasteiger charge is -2.26. The largest absolute Gasteiger partial charge is 0.374 e. The summed E-state index contributed by atoms with van der Waals surface area (Å²) in [6, 6.07) is 8.66. The molecule has 0 aliphatic carbocycles. The zero-order chi connectivity index (χ0) is 9.68. The molecule has 0 saturated carbocycles. The number of rotatable bonds is 0. The van der Waals surface area contributed by atoms with E-state index < -0.39 is 0 Å². The van der Waals surface area contributed by atoms with Crippen molar-refractivity contribution in [2.45, 2.75) is 19.7 Å². The van der Waals surface area contributed by atoms with Crippen LogP contribution in [0, 0.1) is 0 Å². The molecule has 0 atom stereocenters. The standard InChI is InChI=1S/C10H13N.CH3B/c1-11-8-4-6-9-5-2-3-7-10(9)11;1-2/h2-3,5,7H,4,6,8H2,1H3;1H3. The average molecular weight is 173 g/mol. The van der Waals surface area contributed by atoms with E-state index in [1.54, 1.807) is 0 Å². The first-order valence-corrected chi connectivity index (χ1v) is 4.75. The van der Waals surface area contributed by atoms with Crippen molar-refractivity contribution in [2.24, 2.45) is 0 Å². The number of nitrogens with zero attached hydrogens (tertiary/aromatic N) is 1. The van der Waals surface area contributed by atoms with Crippen LogP contribution < -0.4 is 4.90 Å². The monoisotopic (exact) mass is 173 g/mol. The molecule has 1 heterocycles. The number of anilines is 1. The molecule has 0 spiro atoms. The number of para-hydroxylation sites is 1. The quantitative estimate of drug-likeness (QED) is 0.544. The second-order valence-electron chi connectivity index (χ2n) is 3.15. The third-order valence-electron chi connectivity index (χ3n) is 2.34. The third kappa shape index (κ3) is 2.27. The molecule has 1 aliphatic heterocycles. The number of hydrogen-bond donors (Lipinski definition) is 0. The van der Waals surface area contributed by atoms with Crippen molar-refractivity contribution in [1.82, 2.24) is 0 Å². The first kappa shape index (κ1) is 10.2. The van der Waals surface area contributed by atoms with Gasteiger partial charge in [0.15, 0.2) is 0 Å². The van der Waals surface area contributed by atoms with Crippen molar-refractivity contribution < 1.29 is 0 Å². The minimum atomic E-state index is 1.21. The van der Waals surface area contributed by atoms with E-state index in [0.29, 0.717) is 0 Å². The van der Waals surface area contributed by atoms with E-state index in [1.165, 1.54) is 37.5 Å². The Morgan fingerprint density at radius 2 is 1.92 bits per heavy atom. The fraction of sp³-hybridized carbons (Fsp3) is 0.455. The van der Waals surface area contributed by atoms with Crippen LogP contribution in [0.1, 0.15) is 12.0 Å². The van der Waals surface area contributed by atoms with Gasteiger partial charge in [0.2, 0.25) is 0 Å². The van der Waals surface area contributed by atoms with Gasteiger partial charge in [0.25, 0.3) is 0 Å². The number of hydrogen-bond acceptors (Lipinski definition) is 1. The van der Waals surface area contributed by atoms with Crippen LogP contribution in [0.2, 0.25) is 6.82 Å². The zero-order valence-electron chi connectivity index (χ0n) is 8.46. The predicted octanol–water partition coefficient (Wildman–Crippen LogP) is 2.27. The lowest BCUT2D eigenvalue weighted by molar-refractivity contribution is 0.744. The van der Waals surface area contributed by atoms with Crippen molar-refractivity contribution in [1.29, 1.82) is 0 Å². The van der Waals surface area contributed by atoms with E-state index in [0.717, 1.165) is 0 Å². The van der Waals surface area contributed by atoms with Crippen LogP contribution >= 0.6 is 0 Å². The Balaban J connectivity index is 0.000000396. The summed E-state index contributed by atoms with van der Waals surface area (Å²) in [6.45, 7) is 2.71. The average Bonchev–Trinajstić information content (AvgIpc) is 2.22. The lowest BCUT2D eigenvalue weighted by atomic mass is 10.0. The Bertz CT molecular complexity index is 260. The van der Waals surface area contributed by atoms with E-state index in [4.69, 9.17) is 0 Å². The van der Waals surface area contributed by atoms with Gasteiger partial charge in [0, 0.05) is 19.3 Å². The van der Waals surface area contributed by atoms with Crippen LogP contribution in [0.4, 0.5) is 5.69 Å². The molecule has 2 rings (SSSR count). The first-order valence-electron chi connectivity index (χ1n) is 4.75. The van der Waals surface area contributed by atoms with Crippen LogP contribution in [-0.4, -0.2) is 21.4 Å². The highest BCUT2D eigenvalue weighted by Gasteiger charge is 2.11. The van der Waals surface area contributed by atoms with Crippen LogP contribution in [0.5, 0.6) is 0 Å². The molecule has 2 heteroatoms. The van der Waals surface area contributed by atoms with Gasteiger partial charge in [-0.25, -0.2) is 0 Å². The summed E-state index contributed by atoms with van der Waals surface area (Å²) in [4.78, 5) is 2.33. The molecule has 0 fully saturated rings. The van der Waals surface area contributed by atoms with E-state index in [1.807, 2.05) is 0 Å². The lowest BCUT2D eigenvalue weighted by Crippen LogP contribution is -2.24. The van der Waals surface area contributed by atoms with Gasteiger partial charge in [0.05, 0.1) is 7.85 Å². The van der Waals surface area contributed by atoms with Crippen LogP contribution in [0.15, 0.2) is 24.3 Å². The maximum Gasteiger partial charge on any atom is 0.0606 e. The second-order valence-corrected chi connectivity index (χ2v) is 3.15. The fourth-order valence-corrected chi connectivity index (χ4v) is 1.72. The van der Waals surface area contributed by atoms with Gasteiger partial charge in [-0.15, -0.1) is 0 Å². The van der Waals surface area contributed by atoms with Crippen LogP contribution in [0.25, 0.3) is 0 Å².